The number of hydrogen-bond acceptors (Lipinski definition) is 5. The molecule has 1 atom stereocenters. The van der Waals surface area contributed by atoms with Gasteiger partial charge in [-0.1, -0.05) is 56.3 Å². The van der Waals surface area contributed by atoms with E-state index in [0.29, 0.717) is 43.4 Å². The number of carbonyl (C=O) groups is 3. The first-order chi connectivity index (χ1) is 18.8. The van der Waals surface area contributed by atoms with Crippen molar-refractivity contribution < 1.29 is 19.1 Å². The van der Waals surface area contributed by atoms with E-state index in [0.717, 1.165) is 24.2 Å². The van der Waals surface area contributed by atoms with Crippen molar-refractivity contribution in [2.75, 3.05) is 51.7 Å². The number of anilines is 1. The first kappa shape index (κ1) is 28.2. The Kier molecular flexibility index (Phi) is 9.24. The predicted molar refractivity (Wildman–Crippen MR) is 151 cm³/mol. The minimum atomic E-state index is -0.607. The molecule has 0 radical (unpaired) electrons. The molecule has 2 aromatic rings. The quantitative estimate of drug-likeness (QED) is 0.509. The second-order valence-electron chi connectivity index (χ2n) is 10.3. The zero-order valence-electron chi connectivity index (χ0n) is 23.3. The molecule has 0 bridgehead atoms. The molecular formula is C30H39N5O4. The molecular weight excluding hydrogens is 494 g/mol. The lowest BCUT2D eigenvalue weighted by Crippen LogP contribution is -2.49. The predicted octanol–water partition coefficient (Wildman–Crippen LogP) is 4.56. The molecule has 0 saturated carbocycles. The van der Waals surface area contributed by atoms with Gasteiger partial charge in [-0.25, -0.2) is 14.4 Å². The van der Waals surface area contributed by atoms with Crippen molar-refractivity contribution in [2.45, 2.75) is 39.2 Å². The Hall–Kier alpha value is -3.85. The third-order valence-electron chi connectivity index (χ3n) is 7.28. The minimum absolute atomic E-state index is 0.131. The molecule has 0 aromatic heterocycles. The van der Waals surface area contributed by atoms with Crippen LogP contribution in [0.5, 0.6) is 0 Å². The summed E-state index contributed by atoms with van der Waals surface area (Å²) in [6, 6.07) is 16.4. The van der Waals surface area contributed by atoms with E-state index in [-0.39, 0.29) is 18.7 Å². The van der Waals surface area contributed by atoms with Crippen molar-refractivity contribution >= 4 is 23.7 Å². The summed E-state index contributed by atoms with van der Waals surface area (Å²) in [4.78, 5) is 44.7. The van der Waals surface area contributed by atoms with Crippen LogP contribution in [0.25, 0.3) is 0 Å². The summed E-state index contributed by atoms with van der Waals surface area (Å²) < 4.78 is 5.47. The van der Waals surface area contributed by atoms with Crippen LogP contribution in [0.1, 0.15) is 50.3 Å². The lowest BCUT2D eigenvalue weighted by atomic mass is 9.92. The average Bonchev–Trinajstić information content (AvgIpc) is 3.17. The van der Waals surface area contributed by atoms with Gasteiger partial charge in [0.25, 0.3) is 0 Å². The number of rotatable bonds is 7. The first-order valence-electron chi connectivity index (χ1n) is 13.7. The highest BCUT2D eigenvalue weighted by Gasteiger charge is 2.37. The van der Waals surface area contributed by atoms with Crippen molar-refractivity contribution in [3.05, 3.63) is 77.0 Å². The summed E-state index contributed by atoms with van der Waals surface area (Å²) in [5.74, 6) is -0.0601. The van der Waals surface area contributed by atoms with Crippen molar-refractivity contribution in [1.82, 2.24) is 20.0 Å². The fraction of sp³-hybridized carbons (Fsp3) is 0.433. The molecule has 39 heavy (non-hydrogen) atoms. The van der Waals surface area contributed by atoms with Crippen LogP contribution in [0.4, 0.5) is 15.3 Å². The summed E-state index contributed by atoms with van der Waals surface area (Å²) in [5.41, 5.74) is 3.85. The smallest absolute Gasteiger partial charge is 0.338 e. The van der Waals surface area contributed by atoms with Gasteiger partial charge in [0, 0.05) is 51.2 Å². The van der Waals surface area contributed by atoms with Crippen molar-refractivity contribution in [1.29, 1.82) is 0 Å². The number of esters is 1. The lowest BCUT2D eigenvalue weighted by Gasteiger charge is -2.36. The van der Waals surface area contributed by atoms with E-state index in [1.165, 1.54) is 10.5 Å². The number of likely N-dealkylation sites (N-methyl/N-ethyl adjacent to an activating group) is 1. The molecule has 208 valence electrons. The van der Waals surface area contributed by atoms with Gasteiger partial charge in [0.15, 0.2) is 0 Å². The topological polar surface area (TPSA) is 94.2 Å². The maximum Gasteiger partial charge on any atom is 0.338 e. The van der Waals surface area contributed by atoms with Crippen LogP contribution in [0.2, 0.25) is 0 Å². The molecule has 1 fully saturated rings. The second-order valence-corrected chi connectivity index (χ2v) is 10.3. The molecule has 2 aliphatic rings. The van der Waals surface area contributed by atoms with Crippen LogP contribution in [0.3, 0.4) is 0 Å². The van der Waals surface area contributed by atoms with Gasteiger partial charge >= 0.3 is 18.0 Å². The van der Waals surface area contributed by atoms with Crippen LogP contribution in [0, 0.1) is 0 Å². The maximum atomic E-state index is 13.3. The fourth-order valence-corrected chi connectivity index (χ4v) is 4.99. The molecule has 2 aliphatic heterocycles. The van der Waals surface area contributed by atoms with Crippen LogP contribution in [-0.4, -0.2) is 79.1 Å². The lowest BCUT2D eigenvalue weighted by molar-refractivity contribution is -0.139. The Morgan fingerprint density at radius 3 is 2.41 bits per heavy atom. The molecule has 4 rings (SSSR count). The summed E-state index contributed by atoms with van der Waals surface area (Å²) in [5, 5.41) is 5.95. The SMILES string of the molecule is CCOC(=O)C1=C(CN2CCCN(C(=O)Nc3ccccc3)CC2)N(C)C(=O)N[C@@H]1c1ccc(C(C)C)cc1. The number of benzene rings is 2. The summed E-state index contributed by atoms with van der Waals surface area (Å²) >= 11 is 0. The van der Waals surface area contributed by atoms with Gasteiger partial charge in [-0.15, -0.1) is 0 Å². The van der Waals surface area contributed by atoms with E-state index < -0.39 is 12.0 Å². The number of amides is 4. The molecule has 2 aromatic carbocycles. The van der Waals surface area contributed by atoms with Gasteiger partial charge in [0.1, 0.15) is 0 Å². The van der Waals surface area contributed by atoms with Gasteiger partial charge < -0.3 is 20.3 Å². The van der Waals surface area contributed by atoms with Crippen molar-refractivity contribution in [3.8, 4) is 0 Å². The van der Waals surface area contributed by atoms with Crippen LogP contribution < -0.4 is 10.6 Å². The number of nitrogens with one attached hydrogen (secondary N) is 2. The van der Waals surface area contributed by atoms with Crippen molar-refractivity contribution in [2.24, 2.45) is 0 Å². The van der Waals surface area contributed by atoms with E-state index >= 15 is 0 Å². The highest BCUT2D eigenvalue weighted by atomic mass is 16.5. The standard InChI is InChI=1S/C30H39N5O4/c1-5-39-28(36)26-25(33(4)29(37)32-27(26)23-14-12-22(13-15-23)21(2)3)20-34-16-9-17-35(19-18-34)30(38)31-24-10-7-6-8-11-24/h6-8,10-15,21,27H,5,9,16-20H2,1-4H3,(H,31,38)(H,32,37)/t27-/m1/s1. The summed E-state index contributed by atoms with van der Waals surface area (Å²) in [6.45, 7) is 9.18. The Labute approximate surface area is 230 Å². The monoisotopic (exact) mass is 533 g/mol. The highest BCUT2D eigenvalue weighted by Crippen LogP contribution is 2.32. The number of nitrogens with zero attached hydrogens (tertiary/aromatic N) is 3. The Bertz CT molecular complexity index is 1200. The average molecular weight is 534 g/mol. The Morgan fingerprint density at radius 2 is 1.74 bits per heavy atom. The molecule has 2 heterocycles. The van der Waals surface area contributed by atoms with E-state index in [2.05, 4.69) is 29.4 Å². The van der Waals surface area contributed by atoms with E-state index in [4.69, 9.17) is 4.74 Å². The zero-order valence-corrected chi connectivity index (χ0v) is 23.3. The minimum Gasteiger partial charge on any atom is -0.463 e. The van der Waals surface area contributed by atoms with Crippen LogP contribution >= 0.6 is 0 Å². The Morgan fingerprint density at radius 1 is 1.03 bits per heavy atom. The third kappa shape index (κ3) is 6.78. The highest BCUT2D eigenvalue weighted by molar-refractivity contribution is 5.95. The summed E-state index contributed by atoms with van der Waals surface area (Å²) in [7, 11) is 1.68. The molecule has 0 spiro atoms. The van der Waals surface area contributed by atoms with Gasteiger partial charge in [-0.2, -0.15) is 0 Å². The number of urea groups is 2. The van der Waals surface area contributed by atoms with E-state index in [9.17, 15) is 14.4 Å². The number of ether oxygens (including phenoxy) is 1. The second kappa shape index (κ2) is 12.8. The number of hydrogen-bond donors (Lipinski definition) is 2. The third-order valence-corrected chi connectivity index (χ3v) is 7.28. The van der Waals surface area contributed by atoms with Crippen molar-refractivity contribution in [3.63, 3.8) is 0 Å². The van der Waals surface area contributed by atoms with E-state index in [1.807, 2.05) is 59.5 Å². The fourth-order valence-electron chi connectivity index (χ4n) is 4.99. The first-order valence-corrected chi connectivity index (χ1v) is 13.7. The maximum absolute atomic E-state index is 13.3. The van der Waals surface area contributed by atoms with Gasteiger partial charge in [-0.05, 0) is 42.5 Å². The van der Waals surface area contributed by atoms with Gasteiger partial charge in [-0.3, -0.25) is 9.80 Å². The molecule has 2 N–H and O–H groups in total. The molecule has 0 unspecified atom stereocenters. The van der Waals surface area contributed by atoms with Gasteiger partial charge in [0.2, 0.25) is 0 Å². The Balaban J connectivity index is 1.56. The molecule has 0 aliphatic carbocycles. The molecule has 9 nitrogen and oxygen atoms in total. The molecule has 9 heteroatoms. The number of para-hydroxylation sites is 1. The molecule has 1 saturated heterocycles. The van der Waals surface area contributed by atoms with Crippen LogP contribution in [0.15, 0.2) is 65.9 Å². The van der Waals surface area contributed by atoms with Gasteiger partial charge in [0.05, 0.1) is 18.2 Å². The zero-order chi connectivity index (χ0) is 27.9. The number of carbonyl (C=O) groups excluding carboxylic acids is 3. The summed E-state index contributed by atoms with van der Waals surface area (Å²) in [6.07, 6.45) is 0.778. The van der Waals surface area contributed by atoms with E-state index in [1.54, 1.807) is 14.0 Å². The normalized spacial score (nSPS) is 18.6. The molecule has 4 amide bonds. The van der Waals surface area contributed by atoms with Crippen LogP contribution in [-0.2, 0) is 9.53 Å². The largest absolute Gasteiger partial charge is 0.463 e.